The third-order valence-corrected chi connectivity index (χ3v) is 2.63. The van der Waals surface area contributed by atoms with E-state index in [2.05, 4.69) is 10.2 Å². The second kappa shape index (κ2) is 4.40. The molecule has 0 saturated heterocycles. The molecule has 0 spiro atoms. The van der Waals surface area contributed by atoms with Crippen molar-refractivity contribution in [3.8, 4) is 11.3 Å². The van der Waals surface area contributed by atoms with E-state index in [1.165, 1.54) is 12.1 Å². The Kier molecular flexibility index (Phi) is 2.97. The molecule has 15 heavy (non-hydrogen) atoms. The molecule has 1 heterocycles. The highest BCUT2D eigenvalue weighted by Gasteiger charge is 2.00. The highest BCUT2D eigenvalue weighted by molar-refractivity contribution is 7.98. The van der Waals surface area contributed by atoms with Gasteiger partial charge in [0.25, 0.3) is 0 Å². The van der Waals surface area contributed by atoms with Gasteiger partial charge in [0.2, 0.25) is 0 Å². The van der Waals surface area contributed by atoms with Crippen LogP contribution in [0, 0.1) is 5.82 Å². The van der Waals surface area contributed by atoms with E-state index in [-0.39, 0.29) is 5.82 Å². The number of aromatic nitrogens is 2. The lowest BCUT2D eigenvalue weighted by molar-refractivity contribution is 0.628. The summed E-state index contributed by atoms with van der Waals surface area (Å²) < 4.78 is 12.7. The maximum atomic E-state index is 12.7. The summed E-state index contributed by atoms with van der Waals surface area (Å²) in [5.74, 6) is -0.243. The van der Waals surface area contributed by atoms with E-state index in [9.17, 15) is 4.39 Å². The molecular formula is C11H9FN2S. The van der Waals surface area contributed by atoms with Crippen molar-refractivity contribution in [1.29, 1.82) is 0 Å². The van der Waals surface area contributed by atoms with Crippen molar-refractivity contribution >= 4 is 11.8 Å². The molecule has 0 aliphatic heterocycles. The molecule has 0 aliphatic carbocycles. The molecule has 4 heteroatoms. The molecule has 0 atom stereocenters. The summed E-state index contributed by atoms with van der Waals surface area (Å²) in [6, 6.07) is 10.00. The smallest absolute Gasteiger partial charge is 0.123 e. The Balaban J connectivity index is 2.33. The number of rotatable bonds is 2. The van der Waals surface area contributed by atoms with Crippen molar-refractivity contribution in [3.05, 3.63) is 42.2 Å². The third kappa shape index (κ3) is 2.33. The Labute approximate surface area is 91.5 Å². The Hall–Kier alpha value is -1.42. The summed E-state index contributed by atoms with van der Waals surface area (Å²) in [7, 11) is 0. The Morgan fingerprint density at radius 2 is 1.73 bits per heavy atom. The van der Waals surface area contributed by atoms with Gasteiger partial charge < -0.3 is 0 Å². The minimum atomic E-state index is -0.243. The van der Waals surface area contributed by atoms with Crippen molar-refractivity contribution in [2.45, 2.75) is 5.03 Å². The van der Waals surface area contributed by atoms with Gasteiger partial charge in [-0.1, -0.05) is 0 Å². The van der Waals surface area contributed by atoms with Crippen LogP contribution in [0.25, 0.3) is 11.3 Å². The molecule has 0 N–H and O–H groups in total. The minimum absolute atomic E-state index is 0.243. The third-order valence-electron chi connectivity index (χ3n) is 1.99. The van der Waals surface area contributed by atoms with E-state index in [1.54, 1.807) is 23.9 Å². The summed E-state index contributed by atoms with van der Waals surface area (Å²) >= 11 is 1.54. The molecule has 2 rings (SSSR count). The molecule has 0 unspecified atom stereocenters. The molecule has 0 bridgehead atoms. The predicted octanol–water partition coefficient (Wildman–Crippen LogP) is 3.00. The van der Waals surface area contributed by atoms with E-state index >= 15 is 0 Å². The van der Waals surface area contributed by atoms with Gasteiger partial charge in [0.1, 0.15) is 10.8 Å². The highest BCUT2D eigenvalue weighted by atomic mass is 32.2. The van der Waals surface area contributed by atoms with Gasteiger partial charge in [0.05, 0.1) is 5.69 Å². The van der Waals surface area contributed by atoms with E-state index in [0.29, 0.717) is 0 Å². The maximum absolute atomic E-state index is 12.7. The lowest BCUT2D eigenvalue weighted by Gasteiger charge is -2.00. The summed E-state index contributed by atoms with van der Waals surface area (Å²) in [5.41, 5.74) is 1.63. The van der Waals surface area contributed by atoms with Crippen LogP contribution in [0.15, 0.2) is 41.4 Å². The molecule has 2 nitrogen and oxygen atoms in total. The monoisotopic (exact) mass is 220 g/mol. The molecule has 0 fully saturated rings. The Bertz CT molecular complexity index is 439. The van der Waals surface area contributed by atoms with Crippen molar-refractivity contribution in [2.24, 2.45) is 0 Å². The molecule has 1 aromatic carbocycles. The molecule has 0 aliphatic rings. The normalized spacial score (nSPS) is 10.3. The van der Waals surface area contributed by atoms with E-state index in [0.717, 1.165) is 16.3 Å². The van der Waals surface area contributed by atoms with Gasteiger partial charge in [-0.2, -0.15) is 0 Å². The number of thioether (sulfide) groups is 1. The molecule has 2 aromatic rings. The standard InChI is InChI=1S/C11H9FN2S/c1-15-11-7-6-10(13-14-11)8-2-4-9(12)5-3-8/h2-7H,1H3. The van der Waals surface area contributed by atoms with Crippen molar-refractivity contribution in [3.63, 3.8) is 0 Å². The molecule has 1 aromatic heterocycles. The first kappa shape index (κ1) is 10.1. The lowest BCUT2D eigenvalue weighted by Crippen LogP contribution is -1.88. The lowest BCUT2D eigenvalue weighted by atomic mass is 10.1. The first-order chi connectivity index (χ1) is 7.29. The van der Waals surface area contributed by atoms with Crippen LogP contribution in [0.4, 0.5) is 4.39 Å². The van der Waals surface area contributed by atoms with Gasteiger partial charge in [0, 0.05) is 5.56 Å². The van der Waals surface area contributed by atoms with Crippen LogP contribution in [0.5, 0.6) is 0 Å². The Morgan fingerprint density at radius 3 is 2.27 bits per heavy atom. The topological polar surface area (TPSA) is 25.8 Å². The van der Waals surface area contributed by atoms with Gasteiger partial charge in [-0.25, -0.2) is 4.39 Å². The quantitative estimate of drug-likeness (QED) is 0.727. The molecule has 0 amide bonds. The molecule has 76 valence electrons. The number of halogens is 1. The zero-order chi connectivity index (χ0) is 10.7. The summed E-state index contributed by atoms with van der Waals surface area (Å²) in [6.07, 6.45) is 1.95. The first-order valence-corrected chi connectivity index (χ1v) is 5.66. The van der Waals surface area contributed by atoms with Gasteiger partial charge in [-0.3, -0.25) is 0 Å². The van der Waals surface area contributed by atoms with Crippen LogP contribution in [0.2, 0.25) is 0 Å². The fourth-order valence-corrected chi connectivity index (χ4v) is 1.53. The fourth-order valence-electron chi connectivity index (χ4n) is 1.20. The van der Waals surface area contributed by atoms with Crippen molar-refractivity contribution in [1.82, 2.24) is 10.2 Å². The van der Waals surface area contributed by atoms with Crippen molar-refractivity contribution < 1.29 is 4.39 Å². The number of benzene rings is 1. The van der Waals surface area contributed by atoms with Crippen LogP contribution >= 0.6 is 11.8 Å². The van der Waals surface area contributed by atoms with Crippen LogP contribution in [0.3, 0.4) is 0 Å². The number of nitrogens with zero attached hydrogens (tertiary/aromatic N) is 2. The van der Waals surface area contributed by atoms with E-state index in [1.807, 2.05) is 18.4 Å². The van der Waals surface area contributed by atoms with Crippen LogP contribution < -0.4 is 0 Å². The van der Waals surface area contributed by atoms with Crippen molar-refractivity contribution in [2.75, 3.05) is 6.26 Å². The van der Waals surface area contributed by atoms with Crippen LogP contribution in [-0.2, 0) is 0 Å². The molecule has 0 saturated carbocycles. The molecule has 0 radical (unpaired) electrons. The number of hydrogen-bond acceptors (Lipinski definition) is 3. The van der Waals surface area contributed by atoms with Gasteiger partial charge in [-0.15, -0.1) is 22.0 Å². The largest absolute Gasteiger partial charge is 0.207 e. The van der Waals surface area contributed by atoms with Gasteiger partial charge in [0.15, 0.2) is 0 Å². The summed E-state index contributed by atoms with van der Waals surface area (Å²) in [5, 5.41) is 8.95. The van der Waals surface area contributed by atoms with Gasteiger partial charge in [-0.05, 0) is 42.7 Å². The van der Waals surface area contributed by atoms with Crippen LogP contribution in [0.1, 0.15) is 0 Å². The molecular weight excluding hydrogens is 211 g/mol. The predicted molar refractivity (Wildman–Crippen MR) is 59.2 cm³/mol. The second-order valence-electron chi connectivity index (χ2n) is 2.97. The zero-order valence-corrected chi connectivity index (χ0v) is 8.96. The summed E-state index contributed by atoms with van der Waals surface area (Å²) in [6.45, 7) is 0. The Morgan fingerprint density at radius 1 is 1.00 bits per heavy atom. The van der Waals surface area contributed by atoms with Crippen LogP contribution in [-0.4, -0.2) is 16.5 Å². The van der Waals surface area contributed by atoms with E-state index in [4.69, 9.17) is 0 Å². The SMILES string of the molecule is CSc1ccc(-c2ccc(F)cc2)nn1. The highest BCUT2D eigenvalue weighted by Crippen LogP contribution is 2.18. The number of hydrogen-bond donors (Lipinski definition) is 0. The summed E-state index contributed by atoms with van der Waals surface area (Å²) in [4.78, 5) is 0. The average Bonchev–Trinajstić information content (AvgIpc) is 2.30. The van der Waals surface area contributed by atoms with Gasteiger partial charge >= 0.3 is 0 Å². The average molecular weight is 220 g/mol. The first-order valence-electron chi connectivity index (χ1n) is 4.43. The zero-order valence-electron chi connectivity index (χ0n) is 8.14. The maximum Gasteiger partial charge on any atom is 0.123 e. The van der Waals surface area contributed by atoms with E-state index < -0.39 is 0 Å². The second-order valence-corrected chi connectivity index (χ2v) is 3.79. The minimum Gasteiger partial charge on any atom is -0.207 e. The fraction of sp³-hybridized carbons (Fsp3) is 0.0909.